The highest BCUT2D eigenvalue weighted by Gasteiger charge is 2.09. The number of hydrogen-bond acceptors (Lipinski definition) is 5. The van der Waals surface area contributed by atoms with Crippen LogP contribution in [0.2, 0.25) is 0 Å². The number of carbonyl (C=O) groups excluding carboxylic acids is 1. The maximum absolute atomic E-state index is 12.9. The molecule has 2 amide bonds. The average molecular weight is 388 g/mol. The Morgan fingerprint density at radius 3 is 2.64 bits per heavy atom. The Hall–Kier alpha value is -2.71. The Morgan fingerprint density at radius 2 is 1.93 bits per heavy atom. The second-order valence-corrected chi connectivity index (χ2v) is 6.48. The van der Waals surface area contributed by atoms with Gasteiger partial charge in [-0.15, -0.1) is 0 Å². The minimum Gasteiger partial charge on any atom is -0.439 e. The quantitative estimate of drug-likeness (QED) is 0.680. The number of nitrogens with zero attached hydrogens (tertiary/aromatic N) is 2. The van der Waals surface area contributed by atoms with Crippen molar-refractivity contribution in [1.29, 1.82) is 0 Å². The first-order valence-corrected chi connectivity index (χ1v) is 9.39. The fraction of sp³-hybridized carbons (Fsp3) is 0.400. The number of rotatable bonds is 8. The third-order valence-electron chi connectivity index (χ3n) is 4.33. The molecule has 7 nitrogen and oxygen atoms in total. The van der Waals surface area contributed by atoms with Crippen LogP contribution < -0.4 is 15.4 Å². The van der Waals surface area contributed by atoms with Crippen molar-refractivity contribution in [3.05, 3.63) is 54.0 Å². The van der Waals surface area contributed by atoms with Crippen LogP contribution in [0.15, 0.2) is 42.6 Å². The normalized spacial score (nSPS) is 14.5. The van der Waals surface area contributed by atoms with E-state index in [1.807, 2.05) is 6.07 Å². The van der Waals surface area contributed by atoms with Gasteiger partial charge in [0.1, 0.15) is 11.6 Å². The summed E-state index contributed by atoms with van der Waals surface area (Å²) in [5, 5.41) is 5.66. The molecule has 0 spiro atoms. The van der Waals surface area contributed by atoms with E-state index in [1.54, 1.807) is 12.3 Å². The van der Waals surface area contributed by atoms with E-state index in [0.717, 1.165) is 44.8 Å². The van der Waals surface area contributed by atoms with E-state index in [-0.39, 0.29) is 11.8 Å². The highest BCUT2D eigenvalue weighted by atomic mass is 19.1. The molecule has 0 saturated carbocycles. The van der Waals surface area contributed by atoms with Crippen LogP contribution in [0, 0.1) is 5.82 Å². The molecule has 0 radical (unpaired) electrons. The number of hydrogen-bond donors (Lipinski definition) is 2. The number of nitrogens with one attached hydrogen (secondary N) is 2. The van der Waals surface area contributed by atoms with E-state index in [1.165, 1.54) is 24.3 Å². The lowest BCUT2D eigenvalue weighted by atomic mass is 10.3. The monoisotopic (exact) mass is 388 g/mol. The van der Waals surface area contributed by atoms with Gasteiger partial charge in [-0.2, -0.15) is 0 Å². The first-order valence-electron chi connectivity index (χ1n) is 9.39. The third-order valence-corrected chi connectivity index (χ3v) is 4.33. The topological polar surface area (TPSA) is 75.7 Å². The third kappa shape index (κ3) is 6.79. The van der Waals surface area contributed by atoms with E-state index in [9.17, 15) is 9.18 Å². The van der Waals surface area contributed by atoms with Crippen LogP contribution in [0.1, 0.15) is 12.0 Å². The Bertz CT molecular complexity index is 734. The summed E-state index contributed by atoms with van der Waals surface area (Å²) in [7, 11) is 0. The Balaban J connectivity index is 1.32. The van der Waals surface area contributed by atoms with E-state index >= 15 is 0 Å². The number of urea groups is 1. The van der Waals surface area contributed by atoms with Crippen LogP contribution in [0.3, 0.4) is 0 Å². The van der Waals surface area contributed by atoms with Gasteiger partial charge in [0, 0.05) is 38.4 Å². The lowest BCUT2D eigenvalue weighted by Gasteiger charge is -2.26. The lowest BCUT2D eigenvalue weighted by Crippen LogP contribution is -2.39. The molecule has 1 aromatic carbocycles. The minimum absolute atomic E-state index is 0.200. The van der Waals surface area contributed by atoms with Crippen LogP contribution >= 0.6 is 0 Å². The molecule has 8 heteroatoms. The average Bonchev–Trinajstić information content (AvgIpc) is 2.73. The van der Waals surface area contributed by atoms with Crippen molar-refractivity contribution in [3.63, 3.8) is 0 Å². The summed E-state index contributed by atoms with van der Waals surface area (Å²) >= 11 is 0. The lowest BCUT2D eigenvalue weighted by molar-refractivity contribution is 0.0375. The van der Waals surface area contributed by atoms with Crippen LogP contribution in [-0.2, 0) is 11.3 Å². The molecule has 0 bridgehead atoms. The second kappa shape index (κ2) is 10.6. The predicted molar refractivity (Wildman–Crippen MR) is 103 cm³/mol. The van der Waals surface area contributed by atoms with Gasteiger partial charge in [0.25, 0.3) is 0 Å². The van der Waals surface area contributed by atoms with Gasteiger partial charge in [-0.05, 0) is 42.8 Å². The molecule has 3 rings (SSSR count). The van der Waals surface area contributed by atoms with Crippen molar-refractivity contribution in [3.8, 4) is 11.6 Å². The molecule has 1 fully saturated rings. The number of carbonyl (C=O) groups is 1. The summed E-state index contributed by atoms with van der Waals surface area (Å²) in [4.78, 5) is 18.4. The summed E-state index contributed by atoms with van der Waals surface area (Å²) < 4.78 is 23.7. The molecule has 0 aliphatic carbocycles. The molecular formula is C20H25FN4O3. The molecule has 2 N–H and O–H groups in total. The van der Waals surface area contributed by atoms with E-state index in [0.29, 0.717) is 24.7 Å². The van der Waals surface area contributed by atoms with Crippen LogP contribution in [0.5, 0.6) is 11.6 Å². The van der Waals surface area contributed by atoms with Gasteiger partial charge in [0.15, 0.2) is 0 Å². The molecule has 28 heavy (non-hydrogen) atoms. The summed E-state index contributed by atoms with van der Waals surface area (Å²) in [6, 6.07) is 9.06. The van der Waals surface area contributed by atoms with E-state index in [2.05, 4.69) is 20.5 Å². The standard InChI is InChI=1S/C20H25FN4O3/c21-17-3-5-18(6-4-17)28-19-7-2-16(14-23-19)15-24-20(26)22-8-1-9-25-10-12-27-13-11-25/h2-7,14H,1,8-13,15H2,(H2,22,24,26). The smallest absolute Gasteiger partial charge is 0.315 e. The van der Waals surface area contributed by atoms with Crippen molar-refractivity contribution in [2.24, 2.45) is 0 Å². The SMILES string of the molecule is O=C(NCCCN1CCOCC1)NCc1ccc(Oc2ccc(F)cc2)nc1. The predicted octanol–water partition coefficient (Wildman–Crippen LogP) is 2.53. The Morgan fingerprint density at radius 1 is 1.14 bits per heavy atom. The summed E-state index contributed by atoms with van der Waals surface area (Å²) in [5.74, 6) is 0.597. The number of benzene rings is 1. The van der Waals surface area contributed by atoms with E-state index in [4.69, 9.17) is 9.47 Å². The Kier molecular flexibility index (Phi) is 7.57. The zero-order valence-corrected chi connectivity index (χ0v) is 15.7. The molecule has 2 aromatic rings. The fourth-order valence-corrected chi connectivity index (χ4v) is 2.77. The largest absolute Gasteiger partial charge is 0.439 e. The first kappa shape index (κ1) is 20.0. The number of aromatic nitrogens is 1. The molecular weight excluding hydrogens is 363 g/mol. The zero-order chi connectivity index (χ0) is 19.6. The number of amides is 2. The Labute approximate surface area is 163 Å². The van der Waals surface area contributed by atoms with E-state index < -0.39 is 0 Å². The zero-order valence-electron chi connectivity index (χ0n) is 15.7. The first-order chi connectivity index (χ1) is 13.7. The van der Waals surface area contributed by atoms with Gasteiger partial charge < -0.3 is 20.1 Å². The molecule has 1 saturated heterocycles. The molecule has 2 heterocycles. The van der Waals surface area contributed by atoms with Crippen molar-refractivity contribution >= 4 is 6.03 Å². The second-order valence-electron chi connectivity index (χ2n) is 6.48. The van der Waals surface area contributed by atoms with Crippen molar-refractivity contribution in [2.45, 2.75) is 13.0 Å². The van der Waals surface area contributed by atoms with Gasteiger partial charge in [-0.25, -0.2) is 14.2 Å². The number of pyridine rings is 1. The number of halogens is 1. The number of ether oxygens (including phenoxy) is 2. The van der Waals surface area contributed by atoms with Crippen LogP contribution in [-0.4, -0.2) is 55.3 Å². The molecule has 1 aromatic heterocycles. The maximum Gasteiger partial charge on any atom is 0.315 e. The van der Waals surface area contributed by atoms with Gasteiger partial charge in [-0.1, -0.05) is 6.07 Å². The summed E-state index contributed by atoms with van der Waals surface area (Å²) in [5.41, 5.74) is 0.856. The van der Waals surface area contributed by atoms with Gasteiger partial charge in [0.05, 0.1) is 13.2 Å². The van der Waals surface area contributed by atoms with Gasteiger partial charge in [0.2, 0.25) is 5.88 Å². The summed E-state index contributed by atoms with van der Waals surface area (Å²) in [6.07, 6.45) is 2.54. The van der Waals surface area contributed by atoms with Crippen molar-refractivity contribution < 1.29 is 18.7 Å². The van der Waals surface area contributed by atoms with Crippen LogP contribution in [0.25, 0.3) is 0 Å². The van der Waals surface area contributed by atoms with Crippen molar-refractivity contribution in [2.75, 3.05) is 39.4 Å². The van der Waals surface area contributed by atoms with Gasteiger partial charge in [-0.3, -0.25) is 4.90 Å². The highest BCUT2D eigenvalue weighted by Crippen LogP contribution is 2.19. The summed E-state index contributed by atoms with van der Waals surface area (Å²) in [6.45, 7) is 5.46. The molecule has 0 atom stereocenters. The number of morpholine rings is 1. The molecule has 150 valence electrons. The molecule has 1 aliphatic rings. The fourth-order valence-electron chi connectivity index (χ4n) is 2.77. The van der Waals surface area contributed by atoms with Crippen molar-refractivity contribution in [1.82, 2.24) is 20.5 Å². The van der Waals surface area contributed by atoms with Gasteiger partial charge >= 0.3 is 6.03 Å². The highest BCUT2D eigenvalue weighted by molar-refractivity contribution is 5.73. The molecule has 1 aliphatic heterocycles. The van der Waals surface area contributed by atoms with Crippen LogP contribution in [0.4, 0.5) is 9.18 Å². The minimum atomic E-state index is -0.318. The molecule has 0 unspecified atom stereocenters. The maximum atomic E-state index is 12.9.